The Labute approximate surface area is 260 Å². The number of carbonyl (C=O) groups is 1. The molecule has 2 saturated heterocycles. The average molecular weight is 592 g/mol. The number of likely N-dealkylation sites (tertiary alicyclic amines) is 1. The van der Waals surface area contributed by atoms with Gasteiger partial charge < -0.3 is 24.4 Å². The Morgan fingerprint density at radius 2 is 1.55 bits per heavy atom. The first-order chi connectivity index (χ1) is 21.7. The highest BCUT2D eigenvalue weighted by Crippen LogP contribution is 2.28. The molecule has 1 amide bonds. The molecule has 3 heterocycles. The number of rotatable bonds is 11. The predicted octanol–water partition coefficient (Wildman–Crippen LogP) is 4.71. The Hall–Kier alpha value is -4.09. The van der Waals surface area contributed by atoms with Crippen LogP contribution in [0, 0.1) is 11.8 Å². The van der Waals surface area contributed by atoms with Gasteiger partial charge in [0.05, 0.1) is 24.8 Å². The lowest BCUT2D eigenvalue weighted by atomic mass is 9.90. The highest BCUT2D eigenvalue weighted by Gasteiger charge is 2.28. The van der Waals surface area contributed by atoms with E-state index in [0.29, 0.717) is 43.6 Å². The van der Waals surface area contributed by atoms with Crippen LogP contribution in [0.4, 0.5) is 0 Å². The second-order valence-corrected chi connectivity index (χ2v) is 11.5. The van der Waals surface area contributed by atoms with Crippen LogP contribution in [0.5, 0.6) is 5.75 Å². The van der Waals surface area contributed by atoms with E-state index in [1.165, 1.54) is 11.1 Å². The molecule has 2 fully saturated rings. The van der Waals surface area contributed by atoms with Crippen molar-refractivity contribution in [1.82, 2.24) is 15.1 Å². The molecule has 0 aromatic heterocycles. The number of morpholine rings is 1. The number of piperidine rings is 1. The average Bonchev–Trinajstić information content (AvgIpc) is 3.10. The topological polar surface area (TPSA) is 63.3 Å². The Morgan fingerprint density at radius 1 is 0.886 bits per heavy atom. The lowest BCUT2D eigenvalue weighted by Crippen LogP contribution is -2.50. The minimum Gasteiger partial charge on any atom is -0.489 e. The van der Waals surface area contributed by atoms with Gasteiger partial charge in [0, 0.05) is 51.3 Å². The molecule has 0 saturated carbocycles. The number of para-hydroxylation sites is 1. The summed E-state index contributed by atoms with van der Waals surface area (Å²) in [7, 11) is 0. The van der Waals surface area contributed by atoms with Crippen LogP contribution in [0.2, 0.25) is 0 Å². The van der Waals surface area contributed by atoms with Gasteiger partial charge in [-0.25, -0.2) is 0 Å². The van der Waals surface area contributed by atoms with E-state index < -0.39 is 0 Å². The summed E-state index contributed by atoms with van der Waals surface area (Å²) >= 11 is 0. The molecule has 1 N–H and O–H groups in total. The Kier molecular flexibility index (Phi) is 10.3. The summed E-state index contributed by atoms with van der Waals surface area (Å²) in [5.74, 6) is 7.57. The van der Waals surface area contributed by atoms with Gasteiger partial charge in [-0.2, -0.15) is 0 Å². The molecule has 3 aliphatic heterocycles. The smallest absolute Gasteiger partial charge is 0.255 e. The first-order valence-corrected chi connectivity index (χ1v) is 15.7. The molecule has 7 nitrogen and oxygen atoms in total. The van der Waals surface area contributed by atoms with Crippen LogP contribution in [-0.4, -0.2) is 86.9 Å². The van der Waals surface area contributed by atoms with E-state index in [1.54, 1.807) is 0 Å². The van der Waals surface area contributed by atoms with Crippen LogP contribution in [0.1, 0.15) is 40.2 Å². The zero-order chi connectivity index (χ0) is 30.0. The summed E-state index contributed by atoms with van der Waals surface area (Å²) in [4.78, 5) is 18.3. The molecule has 1 unspecified atom stereocenters. The fraction of sp³-hybridized carbons (Fsp3) is 0.378. The van der Waals surface area contributed by atoms with Crippen molar-refractivity contribution in [2.24, 2.45) is 0 Å². The van der Waals surface area contributed by atoms with Crippen LogP contribution in [0.25, 0.3) is 0 Å². The van der Waals surface area contributed by atoms with Crippen LogP contribution in [0.3, 0.4) is 0 Å². The molecule has 228 valence electrons. The van der Waals surface area contributed by atoms with E-state index >= 15 is 0 Å². The number of nitrogens with one attached hydrogen (secondary N) is 1. The van der Waals surface area contributed by atoms with Crippen molar-refractivity contribution in [2.45, 2.75) is 30.9 Å². The summed E-state index contributed by atoms with van der Waals surface area (Å²) in [6.07, 6.45) is 3.71. The van der Waals surface area contributed by atoms with Gasteiger partial charge in [0.25, 0.3) is 5.91 Å². The third-order valence-electron chi connectivity index (χ3n) is 8.70. The first-order valence-electron chi connectivity index (χ1n) is 15.7. The maximum Gasteiger partial charge on any atom is 0.255 e. The summed E-state index contributed by atoms with van der Waals surface area (Å²) in [6.45, 7) is 6.56. The van der Waals surface area contributed by atoms with Crippen LogP contribution in [-0.2, 0) is 9.47 Å². The number of benzene rings is 3. The summed E-state index contributed by atoms with van der Waals surface area (Å²) < 4.78 is 17.9. The fourth-order valence-corrected chi connectivity index (χ4v) is 6.28. The van der Waals surface area contributed by atoms with Gasteiger partial charge in [-0.15, -0.1) is 0 Å². The van der Waals surface area contributed by atoms with Gasteiger partial charge in [-0.1, -0.05) is 84.6 Å². The fourth-order valence-electron chi connectivity index (χ4n) is 6.28. The largest absolute Gasteiger partial charge is 0.489 e. The second-order valence-electron chi connectivity index (χ2n) is 11.5. The number of carbonyl (C=O) groups excluding carboxylic acids is 1. The highest BCUT2D eigenvalue weighted by molar-refractivity contribution is 5.96. The van der Waals surface area contributed by atoms with E-state index in [1.807, 2.05) is 30.3 Å². The third kappa shape index (κ3) is 7.70. The Morgan fingerprint density at radius 3 is 2.20 bits per heavy atom. The van der Waals surface area contributed by atoms with E-state index in [9.17, 15) is 4.79 Å². The van der Waals surface area contributed by atoms with E-state index in [2.05, 4.69) is 87.6 Å². The monoisotopic (exact) mass is 591 g/mol. The molecular weight excluding hydrogens is 550 g/mol. The van der Waals surface area contributed by atoms with E-state index in [-0.39, 0.29) is 18.1 Å². The summed E-state index contributed by atoms with van der Waals surface area (Å²) in [6, 6.07) is 29.0. The van der Waals surface area contributed by atoms with Crippen molar-refractivity contribution in [3.05, 3.63) is 113 Å². The number of ether oxygens (including phenoxy) is 3. The van der Waals surface area contributed by atoms with Gasteiger partial charge >= 0.3 is 0 Å². The van der Waals surface area contributed by atoms with E-state index in [4.69, 9.17) is 14.2 Å². The lowest BCUT2D eigenvalue weighted by Gasteiger charge is -2.35. The molecule has 0 spiro atoms. The molecule has 6 rings (SSSR count). The number of amides is 1. The standard InChI is InChI=1S/C37H41N3O4/c41-37(38-27-34(36-17-9-10-24-43-36)40-22-25-42-26-23-40)32-15-7-8-16-35(32)44-31-18-20-39(21-19-31)28-33(29-11-3-1-4-12-29)30-13-5-2-6-14-30/h1-8,11-17,31,33-34H,18-28H2,(H,38,41). The molecule has 7 heteroatoms. The van der Waals surface area contributed by atoms with Gasteiger partial charge in [0.2, 0.25) is 0 Å². The molecule has 3 aliphatic rings. The predicted molar refractivity (Wildman–Crippen MR) is 172 cm³/mol. The molecule has 44 heavy (non-hydrogen) atoms. The van der Waals surface area contributed by atoms with Crippen molar-refractivity contribution in [1.29, 1.82) is 0 Å². The van der Waals surface area contributed by atoms with Gasteiger partial charge in [0.15, 0.2) is 0 Å². The number of hydrogen-bond donors (Lipinski definition) is 1. The molecule has 1 atom stereocenters. The quantitative estimate of drug-likeness (QED) is 0.326. The normalized spacial score (nSPS) is 18.4. The molecule has 0 bridgehead atoms. The molecular formula is C37H41N3O4. The van der Waals surface area contributed by atoms with Crippen molar-refractivity contribution >= 4 is 5.91 Å². The Balaban J connectivity index is 1.06. The maximum absolute atomic E-state index is 13.5. The Bertz CT molecular complexity index is 1410. The summed E-state index contributed by atoms with van der Waals surface area (Å²) in [5, 5.41) is 3.15. The van der Waals surface area contributed by atoms with Crippen LogP contribution < -0.4 is 10.1 Å². The number of nitrogens with zero attached hydrogens (tertiary/aromatic N) is 2. The minimum atomic E-state index is -0.146. The molecule has 0 aliphatic carbocycles. The molecule has 3 aromatic carbocycles. The van der Waals surface area contributed by atoms with Gasteiger partial charge in [-0.3, -0.25) is 9.69 Å². The van der Waals surface area contributed by atoms with Crippen molar-refractivity contribution in [3.8, 4) is 17.6 Å². The number of hydrogen-bond acceptors (Lipinski definition) is 6. The highest BCUT2D eigenvalue weighted by atomic mass is 16.5. The second kappa shape index (κ2) is 15.1. The zero-order valence-electron chi connectivity index (χ0n) is 25.2. The van der Waals surface area contributed by atoms with E-state index in [0.717, 1.165) is 51.3 Å². The molecule has 0 radical (unpaired) electrons. The maximum atomic E-state index is 13.5. The lowest BCUT2D eigenvalue weighted by molar-refractivity contribution is 0.0120. The third-order valence-corrected chi connectivity index (χ3v) is 8.70. The summed E-state index contributed by atoms with van der Waals surface area (Å²) in [5.41, 5.74) is 3.24. The van der Waals surface area contributed by atoms with Crippen molar-refractivity contribution < 1.29 is 19.0 Å². The van der Waals surface area contributed by atoms with Gasteiger partial charge in [-0.05, 0) is 36.1 Å². The first kappa shape index (κ1) is 30.0. The van der Waals surface area contributed by atoms with Gasteiger partial charge in [0.1, 0.15) is 24.2 Å². The zero-order valence-corrected chi connectivity index (χ0v) is 25.2. The van der Waals surface area contributed by atoms with Crippen LogP contribution >= 0.6 is 0 Å². The van der Waals surface area contributed by atoms with Crippen LogP contribution in [0.15, 0.2) is 96.8 Å². The molecule has 3 aromatic rings. The van der Waals surface area contributed by atoms with Crippen molar-refractivity contribution in [3.63, 3.8) is 0 Å². The SMILES string of the molecule is O=C(NCC(C1=CC#CCO1)N1CCOCC1)c1ccccc1OC1CCN(CC(c2ccccc2)c2ccccc2)CC1. The minimum absolute atomic E-state index is 0.0626. The van der Waals surface area contributed by atoms with Crippen molar-refractivity contribution in [2.75, 3.05) is 59.1 Å². The number of allylic oxidation sites excluding steroid dienone is 1.